The quantitative estimate of drug-likeness (QED) is 0.513. The molecule has 0 amide bonds. The minimum absolute atomic E-state index is 0.279. The van der Waals surface area contributed by atoms with Crippen LogP contribution in [0.1, 0.15) is 21.8 Å². The molecule has 138 valence electrons. The van der Waals surface area contributed by atoms with Crippen LogP contribution in [0.3, 0.4) is 0 Å². The normalized spacial score (nSPS) is 10.3. The zero-order valence-electron chi connectivity index (χ0n) is 14.9. The van der Waals surface area contributed by atoms with E-state index in [9.17, 15) is 4.79 Å². The smallest absolute Gasteiger partial charge is 0.337 e. The maximum atomic E-state index is 11.6. The standard InChI is InChI=1S/C19H18N4O3S/c1-12-6-3-4-9-15(12)17-22-16(26-23-17)11-20-19(27)21-14-8-5-7-13(10-14)18(24)25-2/h3-10H,11H2,1-2H3,(H2,20,21,27). The van der Waals surface area contributed by atoms with E-state index in [1.165, 1.54) is 7.11 Å². The van der Waals surface area contributed by atoms with E-state index in [4.69, 9.17) is 21.5 Å². The van der Waals surface area contributed by atoms with Gasteiger partial charge in [0.05, 0.1) is 19.2 Å². The molecule has 0 radical (unpaired) electrons. The van der Waals surface area contributed by atoms with Crippen LogP contribution >= 0.6 is 12.2 Å². The average molecular weight is 382 g/mol. The van der Waals surface area contributed by atoms with Crippen molar-refractivity contribution in [3.63, 3.8) is 0 Å². The lowest BCUT2D eigenvalue weighted by Crippen LogP contribution is -2.28. The molecule has 7 nitrogen and oxygen atoms in total. The van der Waals surface area contributed by atoms with E-state index in [0.29, 0.717) is 28.1 Å². The maximum absolute atomic E-state index is 11.6. The van der Waals surface area contributed by atoms with E-state index < -0.39 is 5.97 Å². The lowest BCUT2D eigenvalue weighted by molar-refractivity contribution is 0.0601. The molecule has 3 rings (SSSR count). The number of aryl methyl sites for hydroxylation is 1. The number of methoxy groups -OCH3 is 1. The monoisotopic (exact) mass is 382 g/mol. The summed E-state index contributed by atoms with van der Waals surface area (Å²) in [5.41, 5.74) is 3.10. The highest BCUT2D eigenvalue weighted by Gasteiger charge is 2.11. The van der Waals surface area contributed by atoms with Gasteiger partial charge >= 0.3 is 5.97 Å². The highest BCUT2D eigenvalue weighted by Crippen LogP contribution is 2.19. The zero-order valence-corrected chi connectivity index (χ0v) is 15.7. The van der Waals surface area contributed by atoms with E-state index in [-0.39, 0.29) is 6.54 Å². The number of hydrogen-bond acceptors (Lipinski definition) is 6. The van der Waals surface area contributed by atoms with Crippen LogP contribution < -0.4 is 10.6 Å². The molecule has 0 saturated heterocycles. The third-order valence-electron chi connectivity index (χ3n) is 3.80. The average Bonchev–Trinajstić information content (AvgIpc) is 3.15. The lowest BCUT2D eigenvalue weighted by atomic mass is 10.1. The van der Waals surface area contributed by atoms with Gasteiger partial charge in [-0.2, -0.15) is 4.98 Å². The zero-order chi connectivity index (χ0) is 19.2. The Morgan fingerprint density at radius 2 is 2.04 bits per heavy atom. The summed E-state index contributed by atoms with van der Waals surface area (Å²) in [5.74, 6) is 0.544. The van der Waals surface area contributed by atoms with Crippen LogP contribution in [-0.2, 0) is 11.3 Å². The van der Waals surface area contributed by atoms with Crippen molar-refractivity contribution in [2.75, 3.05) is 12.4 Å². The first-order valence-electron chi connectivity index (χ1n) is 8.18. The van der Waals surface area contributed by atoms with Crippen molar-refractivity contribution in [2.24, 2.45) is 0 Å². The van der Waals surface area contributed by atoms with Gasteiger partial charge < -0.3 is 19.9 Å². The van der Waals surface area contributed by atoms with Gasteiger partial charge in [0.2, 0.25) is 11.7 Å². The highest BCUT2D eigenvalue weighted by molar-refractivity contribution is 7.80. The Bertz CT molecular complexity index is 971. The van der Waals surface area contributed by atoms with E-state index >= 15 is 0 Å². The van der Waals surface area contributed by atoms with Crippen LogP contribution in [-0.4, -0.2) is 28.3 Å². The maximum Gasteiger partial charge on any atom is 0.337 e. The number of nitrogens with one attached hydrogen (secondary N) is 2. The van der Waals surface area contributed by atoms with Crippen molar-refractivity contribution in [3.8, 4) is 11.4 Å². The third kappa shape index (κ3) is 4.68. The third-order valence-corrected chi connectivity index (χ3v) is 4.04. The largest absolute Gasteiger partial charge is 0.465 e. The summed E-state index contributed by atoms with van der Waals surface area (Å²) >= 11 is 5.27. The van der Waals surface area contributed by atoms with E-state index in [2.05, 4.69) is 20.8 Å². The van der Waals surface area contributed by atoms with E-state index in [1.807, 2.05) is 31.2 Å². The lowest BCUT2D eigenvalue weighted by Gasteiger charge is -2.09. The summed E-state index contributed by atoms with van der Waals surface area (Å²) in [5, 5.41) is 10.4. The molecular weight excluding hydrogens is 364 g/mol. The first-order chi connectivity index (χ1) is 13.1. The van der Waals surface area contributed by atoms with Gasteiger partial charge in [-0.15, -0.1) is 0 Å². The second-order valence-electron chi connectivity index (χ2n) is 5.71. The molecule has 0 aliphatic carbocycles. The Kier molecular flexibility index (Phi) is 5.77. The molecule has 2 N–H and O–H groups in total. The molecule has 0 aliphatic heterocycles. The molecular formula is C19H18N4O3S. The summed E-state index contributed by atoms with van der Waals surface area (Å²) in [6, 6.07) is 14.7. The number of hydrogen-bond donors (Lipinski definition) is 2. The SMILES string of the molecule is COC(=O)c1cccc(NC(=S)NCc2nc(-c3ccccc3C)no2)c1. The van der Waals surface area contributed by atoms with Crippen LogP contribution in [0.5, 0.6) is 0 Å². The second-order valence-corrected chi connectivity index (χ2v) is 6.11. The Labute approximate surface area is 161 Å². The van der Waals surface area contributed by atoms with Crippen LogP contribution in [0.15, 0.2) is 53.1 Å². The molecule has 1 heterocycles. The number of thiocarbonyl (C=S) groups is 1. The number of rotatable bonds is 5. The van der Waals surface area contributed by atoms with E-state index in [0.717, 1.165) is 11.1 Å². The fourth-order valence-electron chi connectivity index (χ4n) is 2.43. The van der Waals surface area contributed by atoms with Gasteiger partial charge in [-0.05, 0) is 42.9 Å². The van der Waals surface area contributed by atoms with Gasteiger partial charge in [0, 0.05) is 11.3 Å². The van der Waals surface area contributed by atoms with Crippen LogP contribution in [0.2, 0.25) is 0 Å². The van der Waals surface area contributed by atoms with Gasteiger partial charge in [0.15, 0.2) is 5.11 Å². The van der Waals surface area contributed by atoms with Crippen molar-refractivity contribution in [2.45, 2.75) is 13.5 Å². The minimum Gasteiger partial charge on any atom is -0.465 e. The number of anilines is 1. The Morgan fingerprint density at radius 3 is 2.81 bits per heavy atom. The number of aromatic nitrogens is 2. The number of nitrogens with zero attached hydrogens (tertiary/aromatic N) is 2. The summed E-state index contributed by atoms with van der Waals surface area (Å²) < 4.78 is 9.97. The molecule has 0 atom stereocenters. The molecule has 0 saturated carbocycles. The number of carbonyl (C=O) groups is 1. The van der Waals surface area contributed by atoms with Crippen molar-refractivity contribution >= 4 is 29.0 Å². The molecule has 8 heteroatoms. The molecule has 0 bridgehead atoms. The topological polar surface area (TPSA) is 89.3 Å². The molecule has 0 fully saturated rings. The molecule has 0 unspecified atom stereocenters. The van der Waals surface area contributed by atoms with Gasteiger partial charge in [-0.1, -0.05) is 35.5 Å². The Balaban J connectivity index is 1.59. The van der Waals surface area contributed by atoms with Gasteiger partial charge in [0.25, 0.3) is 0 Å². The molecule has 2 aromatic carbocycles. The number of ether oxygens (including phenoxy) is 1. The molecule has 0 aliphatic rings. The van der Waals surface area contributed by atoms with Crippen molar-refractivity contribution in [1.29, 1.82) is 0 Å². The van der Waals surface area contributed by atoms with Crippen LogP contribution in [0, 0.1) is 6.92 Å². The fraction of sp³-hybridized carbons (Fsp3) is 0.158. The summed E-state index contributed by atoms with van der Waals surface area (Å²) in [7, 11) is 1.34. The van der Waals surface area contributed by atoms with Crippen LogP contribution in [0.25, 0.3) is 11.4 Å². The summed E-state index contributed by atoms with van der Waals surface area (Å²) in [6.45, 7) is 2.27. The van der Waals surface area contributed by atoms with Gasteiger partial charge in [-0.3, -0.25) is 0 Å². The van der Waals surface area contributed by atoms with Crippen molar-refractivity contribution < 1.29 is 14.1 Å². The molecule has 27 heavy (non-hydrogen) atoms. The number of esters is 1. The highest BCUT2D eigenvalue weighted by atomic mass is 32.1. The first-order valence-corrected chi connectivity index (χ1v) is 8.59. The Morgan fingerprint density at radius 1 is 1.22 bits per heavy atom. The number of benzene rings is 2. The fourth-order valence-corrected chi connectivity index (χ4v) is 2.62. The predicted molar refractivity (Wildman–Crippen MR) is 105 cm³/mol. The predicted octanol–water partition coefficient (Wildman–Crippen LogP) is 3.32. The Hall–Kier alpha value is -3.26. The van der Waals surface area contributed by atoms with Crippen molar-refractivity contribution in [1.82, 2.24) is 15.5 Å². The van der Waals surface area contributed by atoms with Gasteiger partial charge in [0.1, 0.15) is 0 Å². The summed E-state index contributed by atoms with van der Waals surface area (Å²) in [6.07, 6.45) is 0. The molecule has 3 aromatic rings. The van der Waals surface area contributed by atoms with Crippen molar-refractivity contribution in [3.05, 3.63) is 65.5 Å². The molecule has 1 aromatic heterocycles. The number of carbonyl (C=O) groups excluding carboxylic acids is 1. The van der Waals surface area contributed by atoms with E-state index in [1.54, 1.807) is 24.3 Å². The first kappa shape index (κ1) is 18.5. The second kappa shape index (κ2) is 8.41. The van der Waals surface area contributed by atoms with Gasteiger partial charge in [-0.25, -0.2) is 4.79 Å². The summed E-state index contributed by atoms with van der Waals surface area (Å²) in [4.78, 5) is 16.0. The van der Waals surface area contributed by atoms with Crippen LogP contribution in [0.4, 0.5) is 5.69 Å². The molecule has 0 spiro atoms. The minimum atomic E-state index is -0.410.